The molecule has 0 aliphatic rings. The second-order valence-corrected chi connectivity index (χ2v) is 7.35. The van der Waals surface area contributed by atoms with Crippen molar-refractivity contribution in [2.45, 2.75) is 11.8 Å². The van der Waals surface area contributed by atoms with Gasteiger partial charge in [-0.25, -0.2) is 13.1 Å². The fraction of sp³-hybridized carbons (Fsp3) is 0.0556. The number of nitrogens with one attached hydrogen (secondary N) is 1. The van der Waals surface area contributed by atoms with Gasteiger partial charge in [-0.3, -0.25) is 9.52 Å². The number of ketones is 1. The molecule has 3 aromatic rings. The van der Waals surface area contributed by atoms with Crippen LogP contribution in [0.5, 0.6) is 0 Å². The van der Waals surface area contributed by atoms with Gasteiger partial charge >= 0.3 is 0 Å². The topological polar surface area (TPSA) is 131 Å². The van der Waals surface area contributed by atoms with E-state index in [9.17, 15) is 13.2 Å². The first kappa shape index (κ1) is 18.2. The van der Waals surface area contributed by atoms with Gasteiger partial charge in [0.25, 0.3) is 10.0 Å². The highest BCUT2D eigenvalue weighted by atomic mass is 32.2. The maximum Gasteiger partial charge on any atom is 0.261 e. The molecule has 2 aromatic carbocycles. The van der Waals surface area contributed by atoms with E-state index < -0.39 is 10.0 Å². The minimum Gasteiger partial charge on any atom is -0.382 e. The average molecular weight is 381 g/mol. The van der Waals surface area contributed by atoms with Crippen molar-refractivity contribution in [1.29, 1.82) is 5.26 Å². The van der Waals surface area contributed by atoms with Crippen LogP contribution in [0, 0.1) is 11.3 Å². The first-order valence-electron chi connectivity index (χ1n) is 7.80. The minimum absolute atomic E-state index is 0.00783. The first-order chi connectivity index (χ1) is 12.8. The monoisotopic (exact) mass is 381 g/mol. The fourth-order valence-electron chi connectivity index (χ4n) is 2.45. The Kier molecular flexibility index (Phi) is 4.66. The van der Waals surface area contributed by atoms with Gasteiger partial charge < -0.3 is 5.73 Å². The Labute approximate surface area is 155 Å². The van der Waals surface area contributed by atoms with Crippen LogP contribution in [0.25, 0.3) is 5.69 Å². The van der Waals surface area contributed by atoms with Crippen LogP contribution in [0.3, 0.4) is 0 Å². The van der Waals surface area contributed by atoms with Gasteiger partial charge in [0.2, 0.25) is 0 Å². The number of nitrogen functional groups attached to an aromatic ring is 1. The molecule has 136 valence electrons. The third kappa shape index (κ3) is 3.51. The third-order valence-corrected chi connectivity index (χ3v) is 5.26. The normalized spacial score (nSPS) is 11.0. The zero-order valence-corrected chi connectivity index (χ0v) is 15.1. The second-order valence-electron chi connectivity index (χ2n) is 5.67. The van der Waals surface area contributed by atoms with Gasteiger partial charge in [0.1, 0.15) is 17.5 Å². The molecule has 27 heavy (non-hydrogen) atoms. The summed E-state index contributed by atoms with van der Waals surface area (Å²) in [7, 11) is -3.91. The molecule has 1 aromatic heterocycles. The summed E-state index contributed by atoms with van der Waals surface area (Å²) in [5, 5.41) is 13.1. The van der Waals surface area contributed by atoms with E-state index in [0.717, 1.165) is 0 Å². The van der Waals surface area contributed by atoms with E-state index in [4.69, 9.17) is 11.0 Å². The van der Waals surface area contributed by atoms with Crippen molar-refractivity contribution in [3.8, 4) is 11.8 Å². The summed E-state index contributed by atoms with van der Waals surface area (Å²) in [5.74, 6) is -0.0466. The van der Waals surface area contributed by atoms with E-state index in [1.54, 1.807) is 24.3 Å². The SMILES string of the molecule is CC(=O)c1ccc(S(=O)(=O)Nc2ccccc2-n2ncc(C#N)c2N)cc1. The molecular formula is C18H15N5O3S. The number of para-hydroxylation sites is 2. The molecule has 0 fully saturated rings. The lowest BCUT2D eigenvalue weighted by molar-refractivity contribution is 0.101. The van der Waals surface area contributed by atoms with Crippen molar-refractivity contribution in [3.05, 3.63) is 65.9 Å². The second kappa shape index (κ2) is 6.93. The zero-order valence-electron chi connectivity index (χ0n) is 14.2. The molecule has 0 radical (unpaired) electrons. The van der Waals surface area contributed by atoms with E-state index in [1.165, 1.54) is 42.1 Å². The number of hydrogen-bond acceptors (Lipinski definition) is 6. The van der Waals surface area contributed by atoms with Crippen molar-refractivity contribution >= 4 is 27.3 Å². The highest BCUT2D eigenvalue weighted by Crippen LogP contribution is 2.26. The minimum atomic E-state index is -3.91. The number of nitriles is 1. The van der Waals surface area contributed by atoms with Gasteiger partial charge in [-0.2, -0.15) is 10.4 Å². The molecule has 0 aliphatic heterocycles. The van der Waals surface area contributed by atoms with Crippen LogP contribution in [-0.2, 0) is 10.0 Å². The third-order valence-electron chi connectivity index (χ3n) is 3.87. The Hall–Kier alpha value is -3.64. The molecular weight excluding hydrogens is 366 g/mol. The van der Waals surface area contributed by atoms with Crippen molar-refractivity contribution in [2.75, 3.05) is 10.5 Å². The quantitative estimate of drug-likeness (QED) is 0.652. The highest BCUT2D eigenvalue weighted by molar-refractivity contribution is 7.92. The molecule has 0 spiro atoms. The molecule has 0 amide bonds. The number of nitrogens with zero attached hydrogens (tertiary/aromatic N) is 3. The Morgan fingerprint density at radius 2 is 1.85 bits per heavy atom. The Morgan fingerprint density at radius 3 is 2.44 bits per heavy atom. The molecule has 0 atom stereocenters. The van der Waals surface area contributed by atoms with Crippen molar-refractivity contribution in [3.63, 3.8) is 0 Å². The molecule has 0 saturated carbocycles. The van der Waals surface area contributed by atoms with Crippen LogP contribution in [0.4, 0.5) is 11.5 Å². The summed E-state index contributed by atoms with van der Waals surface area (Å²) < 4.78 is 29.2. The van der Waals surface area contributed by atoms with Gasteiger partial charge in [-0.1, -0.05) is 24.3 Å². The van der Waals surface area contributed by atoms with E-state index in [1.807, 2.05) is 6.07 Å². The molecule has 9 heteroatoms. The lowest BCUT2D eigenvalue weighted by Gasteiger charge is -2.13. The summed E-state index contributed by atoms with van der Waals surface area (Å²) in [6.07, 6.45) is 1.31. The van der Waals surface area contributed by atoms with Gasteiger partial charge in [-0.15, -0.1) is 0 Å². The van der Waals surface area contributed by atoms with Crippen molar-refractivity contribution < 1.29 is 13.2 Å². The number of carbonyl (C=O) groups is 1. The largest absolute Gasteiger partial charge is 0.382 e. The fourth-order valence-corrected chi connectivity index (χ4v) is 3.53. The van der Waals surface area contributed by atoms with E-state index in [0.29, 0.717) is 11.3 Å². The number of aromatic nitrogens is 2. The maximum atomic E-state index is 12.7. The molecule has 3 N–H and O–H groups in total. The highest BCUT2D eigenvalue weighted by Gasteiger charge is 2.18. The number of anilines is 2. The summed E-state index contributed by atoms with van der Waals surface area (Å²) in [6.45, 7) is 1.40. The van der Waals surface area contributed by atoms with E-state index >= 15 is 0 Å². The van der Waals surface area contributed by atoms with E-state index in [-0.39, 0.29) is 27.7 Å². The number of rotatable bonds is 5. The molecule has 0 bridgehead atoms. The number of nitrogens with two attached hydrogens (primary N) is 1. The molecule has 3 rings (SSSR count). The Morgan fingerprint density at radius 1 is 1.19 bits per heavy atom. The van der Waals surface area contributed by atoms with Crippen molar-refractivity contribution in [1.82, 2.24) is 9.78 Å². The lowest BCUT2D eigenvalue weighted by Crippen LogP contribution is -2.15. The maximum absolute atomic E-state index is 12.7. The Bertz CT molecular complexity index is 1160. The van der Waals surface area contributed by atoms with Crippen LogP contribution in [0.1, 0.15) is 22.8 Å². The van der Waals surface area contributed by atoms with Gasteiger partial charge in [0.15, 0.2) is 5.78 Å². The number of Topliss-reactive ketones (excluding diaryl/α,β-unsaturated/α-hetero) is 1. The van der Waals surface area contributed by atoms with Gasteiger partial charge in [0, 0.05) is 5.56 Å². The van der Waals surface area contributed by atoms with Crippen molar-refractivity contribution in [2.24, 2.45) is 0 Å². The molecule has 0 unspecified atom stereocenters. The molecule has 1 heterocycles. The van der Waals surface area contributed by atoms with Crippen LogP contribution in [0.15, 0.2) is 59.6 Å². The van der Waals surface area contributed by atoms with E-state index in [2.05, 4.69) is 9.82 Å². The Balaban J connectivity index is 1.99. The lowest BCUT2D eigenvalue weighted by atomic mass is 10.2. The van der Waals surface area contributed by atoms with Crippen LogP contribution in [0.2, 0.25) is 0 Å². The predicted molar refractivity (Wildman–Crippen MR) is 99.9 cm³/mol. The van der Waals surface area contributed by atoms with Crippen LogP contribution < -0.4 is 10.5 Å². The smallest absolute Gasteiger partial charge is 0.261 e. The zero-order chi connectivity index (χ0) is 19.6. The molecule has 0 saturated heterocycles. The summed E-state index contributed by atoms with van der Waals surface area (Å²) in [6, 6.07) is 14.1. The summed E-state index contributed by atoms with van der Waals surface area (Å²) in [4.78, 5) is 11.4. The predicted octanol–water partition coefficient (Wildman–Crippen LogP) is 2.33. The summed E-state index contributed by atoms with van der Waals surface area (Å²) in [5.41, 5.74) is 7.13. The number of hydrogen-bond donors (Lipinski definition) is 2. The molecule has 8 nitrogen and oxygen atoms in total. The number of carbonyl (C=O) groups excluding carboxylic acids is 1. The standard InChI is InChI=1S/C18H15N5O3S/c1-12(24)13-6-8-15(9-7-13)27(25,26)22-16-4-2-3-5-17(16)23-18(20)14(10-19)11-21-23/h2-9,11,22H,20H2,1H3. The van der Waals surface area contributed by atoms with Crippen LogP contribution in [-0.4, -0.2) is 24.0 Å². The first-order valence-corrected chi connectivity index (χ1v) is 9.28. The number of sulfonamides is 1. The van der Waals surface area contributed by atoms with Gasteiger partial charge in [-0.05, 0) is 31.2 Å². The average Bonchev–Trinajstić information content (AvgIpc) is 3.02. The summed E-state index contributed by atoms with van der Waals surface area (Å²) >= 11 is 0. The van der Waals surface area contributed by atoms with Crippen LogP contribution >= 0.6 is 0 Å². The number of benzene rings is 2. The molecule has 0 aliphatic carbocycles. The van der Waals surface area contributed by atoms with Gasteiger partial charge in [0.05, 0.1) is 22.5 Å².